The highest BCUT2D eigenvalue weighted by Gasteiger charge is 2.27. The Balaban J connectivity index is 1.90. The largest absolute Gasteiger partial charge is 0.218 e. The van der Waals surface area contributed by atoms with Crippen LogP contribution in [0.25, 0.3) is 30.6 Å². The van der Waals surface area contributed by atoms with Crippen molar-refractivity contribution in [3.8, 4) is 10.4 Å². The van der Waals surface area contributed by atoms with E-state index in [-0.39, 0.29) is 0 Å². The number of rotatable bonds is 3. The Kier molecular flexibility index (Phi) is 3.90. The monoisotopic (exact) mass is 406 g/mol. The molecule has 2 heterocycles. The van der Waals surface area contributed by atoms with E-state index in [2.05, 4.69) is 12.1 Å². The number of benzene rings is 3. The predicted octanol–water partition coefficient (Wildman–Crippen LogP) is 6.62. The third-order valence-corrected chi connectivity index (χ3v) is 9.51. The molecule has 0 bridgehead atoms. The molecular formula is C22H14O2S3. The van der Waals surface area contributed by atoms with Gasteiger partial charge in [0.2, 0.25) is 9.84 Å². The molecule has 0 aliphatic heterocycles. The summed E-state index contributed by atoms with van der Waals surface area (Å²) in [5.41, 5.74) is 1.05. The van der Waals surface area contributed by atoms with Gasteiger partial charge in [-0.25, -0.2) is 8.42 Å². The van der Waals surface area contributed by atoms with Crippen molar-refractivity contribution < 1.29 is 8.42 Å². The maximum absolute atomic E-state index is 13.4. The van der Waals surface area contributed by atoms with Crippen LogP contribution in [0.2, 0.25) is 0 Å². The third kappa shape index (κ3) is 2.62. The van der Waals surface area contributed by atoms with E-state index in [4.69, 9.17) is 0 Å². The van der Waals surface area contributed by atoms with E-state index in [0.29, 0.717) is 9.10 Å². The molecular weight excluding hydrogens is 392 g/mol. The summed E-state index contributed by atoms with van der Waals surface area (Å²) in [6.45, 7) is 0. The molecule has 2 aromatic heterocycles. The molecule has 0 aliphatic carbocycles. The van der Waals surface area contributed by atoms with Gasteiger partial charge in [-0.3, -0.25) is 0 Å². The minimum Gasteiger partial charge on any atom is -0.218 e. The molecule has 0 spiro atoms. The lowest BCUT2D eigenvalue weighted by Crippen LogP contribution is -1.98. The van der Waals surface area contributed by atoms with E-state index in [0.717, 1.165) is 30.6 Å². The van der Waals surface area contributed by atoms with Crippen molar-refractivity contribution in [2.75, 3.05) is 0 Å². The average Bonchev–Trinajstić information content (AvgIpc) is 3.27. The second-order valence-corrected chi connectivity index (χ2v) is 10.4. The minimum atomic E-state index is -3.57. The van der Waals surface area contributed by atoms with Crippen molar-refractivity contribution in [3.05, 3.63) is 84.9 Å². The van der Waals surface area contributed by atoms with Crippen molar-refractivity contribution in [2.24, 2.45) is 0 Å². The highest BCUT2D eigenvalue weighted by Crippen LogP contribution is 2.49. The third-order valence-electron chi connectivity index (χ3n) is 4.54. The topological polar surface area (TPSA) is 34.1 Å². The van der Waals surface area contributed by atoms with Gasteiger partial charge < -0.3 is 0 Å². The molecule has 0 fully saturated rings. The first kappa shape index (κ1) is 16.7. The second-order valence-electron chi connectivity index (χ2n) is 6.20. The van der Waals surface area contributed by atoms with Crippen LogP contribution in [0.1, 0.15) is 0 Å². The normalized spacial score (nSPS) is 12.0. The van der Waals surface area contributed by atoms with Crippen molar-refractivity contribution in [2.45, 2.75) is 9.10 Å². The fourth-order valence-corrected chi connectivity index (χ4v) is 8.10. The Labute approximate surface area is 165 Å². The van der Waals surface area contributed by atoms with Crippen LogP contribution in [0.5, 0.6) is 0 Å². The highest BCUT2D eigenvalue weighted by molar-refractivity contribution is 7.94. The van der Waals surface area contributed by atoms with Gasteiger partial charge in [0.1, 0.15) is 4.21 Å². The minimum absolute atomic E-state index is 0.338. The number of hydrogen-bond acceptors (Lipinski definition) is 4. The summed E-state index contributed by atoms with van der Waals surface area (Å²) in [5, 5.41) is 2.16. The first-order valence-corrected chi connectivity index (χ1v) is 11.6. The first-order chi connectivity index (χ1) is 13.2. The molecule has 0 radical (unpaired) electrons. The van der Waals surface area contributed by atoms with Crippen molar-refractivity contribution >= 4 is 52.7 Å². The molecule has 27 heavy (non-hydrogen) atoms. The quantitative estimate of drug-likeness (QED) is 0.337. The summed E-state index contributed by atoms with van der Waals surface area (Å²) in [7, 11) is -3.57. The van der Waals surface area contributed by atoms with Gasteiger partial charge in [0.25, 0.3) is 0 Å². The Morgan fingerprint density at radius 2 is 1.30 bits per heavy atom. The van der Waals surface area contributed by atoms with Gasteiger partial charge in [0.15, 0.2) is 0 Å². The number of thiophene rings is 2. The van der Waals surface area contributed by atoms with E-state index in [1.807, 2.05) is 48.5 Å². The van der Waals surface area contributed by atoms with Crippen LogP contribution < -0.4 is 0 Å². The molecule has 5 rings (SSSR count). The van der Waals surface area contributed by atoms with E-state index in [1.165, 1.54) is 11.3 Å². The van der Waals surface area contributed by atoms with Crippen LogP contribution in [0.4, 0.5) is 0 Å². The Morgan fingerprint density at radius 1 is 0.667 bits per heavy atom. The smallest absolute Gasteiger partial charge is 0.217 e. The molecule has 132 valence electrons. The Bertz CT molecular complexity index is 1360. The average molecular weight is 407 g/mol. The molecule has 0 aliphatic rings. The SMILES string of the molecule is O=S(=O)(c1ccccc1)c1sc(-c2ccccc2)c2c1sc1ccccc12. The standard InChI is InChI=1S/C22H14O2S3/c23-27(24,16-11-5-2-6-12-16)22-21-19(17-13-7-8-14-18(17)25-21)20(26-22)15-9-3-1-4-10-15/h1-14H. The van der Waals surface area contributed by atoms with Gasteiger partial charge in [0.05, 0.1) is 9.60 Å². The van der Waals surface area contributed by atoms with Crippen molar-refractivity contribution in [1.82, 2.24) is 0 Å². The molecule has 0 atom stereocenters. The van der Waals surface area contributed by atoms with Gasteiger partial charge in [0, 0.05) is 20.3 Å². The van der Waals surface area contributed by atoms with E-state index in [9.17, 15) is 8.42 Å². The molecule has 0 unspecified atom stereocenters. The fraction of sp³-hybridized carbons (Fsp3) is 0. The van der Waals surface area contributed by atoms with Crippen LogP contribution in [-0.4, -0.2) is 8.42 Å². The molecule has 0 amide bonds. The highest BCUT2D eigenvalue weighted by atomic mass is 32.2. The molecule has 3 aromatic carbocycles. The summed E-state index contributed by atoms with van der Waals surface area (Å²) in [4.78, 5) is 1.35. The summed E-state index contributed by atoms with van der Waals surface area (Å²) in [6.07, 6.45) is 0. The van der Waals surface area contributed by atoms with Gasteiger partial charge >= 0.3 is 0 Å². The van der Waals surface area contributed by atoms with Crippen LogP contribution in [0.3, 0.4) is 0 Å². The lowest BCUT2D eigenvalue weighted by molar-refractivity contribution is 0.599. The molecule has 0 saturated heterocycles. The summed E-state index contributed by atoms with van der Waals surface area (Å²) in [5.74, 6) is 0. The lowest BCUT2D eigenvalue weighted by atomic mass is 10.1. The molecule has 0 saturated carbocycles. The first-order valence-electron chi connectivity index (χ1n) is 8.46. The van der Waals surface area contributed by atoms with E-state index < -0.39 is 9.84 Å². The Morgan fingerprint density at radius 3 is 2.04 bits per heavy atom. The summed E-state index contributed by atoms with van der Waals surface area (Å²) < 4.78 is 29.2. The zero-order chi connectivity index (χ0) is 18.4. The maximum Gasteiger partial charge on any atom is 0.217 e. The van der Waals surface area contributed by atoms with Gasteiger partial charge in [-0.2, -0.15) is 0 Å². The van der Waals surface area contributed by atoms with E-state index >= 15 is 0 Å². The number of sulfone groups is 1. The van der Waals surface area contributed by atoms with Crippen molar-refractivity contribution in [1.29, 1.82) is 0 Å². The van der Waals surface area contributed by atoms with Gasteiger partial charge in [-0.1, -0.05) is 66.7 Å². The maximum atomic E-state index is 13.4. The molecule has 5 heteroatoms. The second kappa shape index (κ2) is 6.30. The summed E-state index contributed by atoms with van der Waals surface area (Å²) in [6, 6.07) is 26.8. The molecule has 0 N–H and O–H groups in total. The fourth-order valence-electron chi connectivity index (χ4n) is 3.28. The van der Waals surface area contributed by atoms with Crippen LogP contribution in [0, 0.1) is 0 Å². The zero-order valence-electron chi connectivity index (χ0n) is 14.1. The van der Waals surface area contributed by atoms with E-state index in [1.54, 1.807) is 35.6 Å². The van der Waals surface area contributed by atoms with Gasteiger partial charge in [-0.15, -0.1) is 22.7 Å². The van der Waals surface area contributed by atoms with Crippen molar-refractivity contribution in [3.63, 3.8) is 0 Å². The predicted molar refractivity (Wildman–Crippen MR) is 115 cm³/mol. The molecule has 2 nitrogen and oxygen atoms in total. The summed E-state index contributed by atoms with van der Waals surface area (Å²) >= 11 is 2.93. The van der Waals surface area contributed by atoms with Crippen LogP contribution in [0.15, 0.2) is 94.0 Å². The van der Waals surface area contributed by atoms with Crippen LogP contribution >= 0.6 is 22.7 Å². The lowest BCUT2D eigenvalue weighted by Gasteiger charge is -2.01. The zero-order valence-corrected chi connectivity index (χ0v) is 16.6. The molecule has 5 aromatic rings. The van der Waals surface area contributed by atoms with Gasteiger partial charge in [-0.05, 0) is 23.8 Å². The number of fused-ring (bicyclic) bond motifs is 3. The number of hydrogen-bond donors (Lipinski definition) is 0. The van der Waals surface area contributed by atoms with Crippen LogP contribution in [-0.2, 0) is 9.84 Å². The Hall–Kier alpha value is -2.47.